The number of piperazine rings is 1. The molecule has 2 fully saturated rings. The maximum absolute atomic E-state index is 2.63. The second kappa shape index (κ2) is 10.9. The predicted octanol–water partition coefficient (Wildman–Crippen LogP) is 6.06. The zero-order chi connectivity index (χ0) is 19.0. The predicted molar refractivity (Wildman–Crippen MR) is 113 cm³/mol. The molecule has 0 radical (unpaired) electrons. The lowest BCUT2D eigenvalue weighted by Crippen LogP contribution is -2.60. The largest absolute Gasteiger partial charge is 0.298 e. The van der Waals surface area contributed by atoms with Crippen LogP contribution in [-0.4, -0.2) is 47.6 Å². The average molecular weight is 353 g/mol. The summed E-state index contributed by atoms with van der Waals surface area (Å²) in [6.45, 7) is 23.6. The van der Waals surface area contributed by atoms with E-state index in [1.54, 1.807) is 0 Å². The van der Waals surface area contributed by atoms with Crippen molar-refractivity contribution >= 4 is 0 Å². The van der Waals surface area contributed by atoms with E-state index < -0.39 is 0 Å². The second-order valence-corrected chi connectivity index (χ2v) is 10.1. The van der Waals surface area contributed by atoms with Crippen LogP contribution in [0, 0.1) is 17.8 Å². The number of hydrogen-bond donors (Lipinski definition) is 0. The molecule has 2 nitrogen and oxygen atoms in total. The summed E-state index contributed by atoms with van der Waals surface area (Å²) in [6, 6.07) is 0.693. The van der Waals surface area contributed by atoms with Gasteiger partial charge in [0.05, 0.1) is 0 Å². The maximum Gasteiger partial charge on any atom is 0.0280 e. The minimum atomic E-state index is 0.360. The van der Waals surface area contributed by atoms with Gasteiger partial charge in [-0.05, 0) is 64.8 Å². The Morgan fingerprint density at radius 1 is 0.960 bits per heavy atom. The van der Waals surface area contributed by atoms with E-state index in [4.69, 9.17) is 0 Å². The Hall–Kier alpha value is -0.0800. The summed E-state index contributed by atoms with van der Waals surface area (Å²) in [5.41, 5.74) is 0.360. The molecule has 0 bridgehead atoms. The Balaban J connectivity index is 0.000000257. The van der Waals surface area contributed by atoms with E-state index in [0.717, 1.165) is 17.8 Å². The Morgan fingerprint density at radius 3 is 2.00 bits per heavy atom. The molecule has 0 aromatic rings. The molecule has 2 aliphatic rings. The lowest BCUT2D eigenvalue weighted by molar-refractivity contribution is 0.00652. The molecule has 1 saturated carbocycles. The first kappa shape index (κ1) is 23.0. The van der Waals surface area contributed by atoms with Crippen molar-refractivity contribution in [2.75, 3.05) is 26.2 Å². The third-order valence-corrected chi connectivity index (χ3v) is 6.27. The molecule has 1 aliphatic heterocycles. The smallest absolute Gasteiger partial charge is 0.0280 e. The van der Waals surface area contributed by atoms with Crippen molar-refractivity contribution in [3.05, 3.63) is 0 Å². The molecule has 2 heteroatoms. The fraction of sp³-hybridized carbons (Fsp3) is 1.00. The van der Waals surface area contributed by atoms with E-state index in [1.165, 1.54) is 64.7 Å². The lowest BCUT2D eigenvalue weighted by Gasteiger charge is -2.48. The zero-order valence-electron chi connectivity index (χ0n) is 18.8. The van der Waals surface area contributed by atoms with Crippen LogP contribution in [0.15, 0.2) is 0 Å². The Labute approximate surface area is 159 Å². The van der Waals surface area contributed by atoms with E-state index in [2.05, 4.69) is 65.2 Å². The van der Waals surface area contributed by atoms with Crippen LogP contribution in [-0.2, 0) is 0 Å². The first-order valence-corrected chi connectivity index (χ1v) is 11.1. The summed E-state index contributed by atoms with van der Waals surface area (Å²) in [4.78, 5) is 5.22. The van der Waals surface area contributed by atoms with Gasteiger partial charge in [0.2, 0.25) is 0 Å². The molecule has 25 heavy (non-hydrogen) atoms. The Bertz CT molecular complexity index is 340. The molecule has 0 amide bonds. The van der Waals surface area contributed by atoms with Gasteiger partial charge >= 0.3 is 0 Å². The van der Waals surface area contributed by atoms with Crippen LogP contribution < -0.4 is 0 Å². The van der Waals surface area contributed by atoms with Crippen LogP contribution >= 0.6 is 0 Å². The van der Waals surface area contributed by atoms with Crippen LogP contribution in [0.25, 0.3) is 0 Å². The van der Waals surface area contributed by atoms with Crippen molar-refractivity contribution in [2.24, 2.45) is 17.8 Å². The van der Waals surface area contributed by atoms with Gasteiger partial charge in [0, 0.05) is 31.2 Å². The third kappa shape index (κ3) is 8.43. The molecular formula is C23H48N2. The first-order chi connectivity index (χ1) is 11.7. The molecule has 0 unspecified atom stereocenters. The van der Waals surface area contributed by atoms with Crippen molar-refractivity contribution in [2.45, 2.75) is 105 Å². The summed E-state index contributed by atoms with van der Waals surface area (Å²) >= 11 is 0. The molecule has 150 valence electrons. The molecule has 2 rings (SSSR count). The normalized spacial score (nSPS) is 28.1. The summed E-state index contributed by atoms with van der Waals surface area (Å²) in [6.07, 6.45) is 8.70. The van der Waals surface area contributed by atoms with Gasteiger partial charge in [-0.25, -0.2) is 0 Å². The average Bonchev–Trinajstić information content (AvgIpc) is 2.51. The number of nitrogens with zero attached hydrogens (tertiary/aromatic N) is 2. The third-order valence-electron chi connectivity index (χ3n) is 6.27. The summed E-state index contributed by atoms with van der Waals surface area (Å²) < 4.78 is 0. The van der Waals surface area contributed by atoms with Crippen LogP contribution in [0.5, 0.6) is 0 Å². The van der Waals surface area contributed by atoms with E-state index in [1.807, 2.05) is 0 Å². The molecular weight excluding hydrogens is 304 g/mol. The van der Waals surface area contributed by atoms with Crippen molar-refractivity contribution in [3.63, 3.8) is 0 Å². The van der Waals surface area contributed by atoms with E-state index >= 15 is 0 Å². The fourth-order valence-electron chi connectivity index (χ4n) is 4.58. The topological polar surface area (TPSA) is 6.48 Å². The summed E-state index contributed by atoms with van der Waals surface area (Å²) in [7, 11) is 0. The minimum absolute atomic E-state index is 0.360. The van der Waals surface area contributed by atoms with Gasteiger partial charge in [0.25, 0.3) is 0 Å². The standard InChI is InChI=1S/C12H26N2.C11H22/c1-6-7-14-9-8-13(11(2)3)10-12(14,4)5;1-9(2)8-11-6-4-10(3)5-7-11/h11H,6-10H2,1-5H3;9-11H,4-8H2,1-3H3. The van der Waals surface area contributed by atoms with Crippen LogP contribution in [0.4, 0.5) is 0 Å². The SMILES string of the molecule is CC(C)CC1CCC(C)CC1.CCCN1CCN(C(C)C)CC1(C)C. The Kier molecular flexibility index (Phi) is 10.0. The maximum atomic E-state index is 2.63. The molecule has 1 saturated heterocycles. The van der Waals surface area contributed by atoms with Crippen LogP contribution in [0.2, 0.25) is 0 Å². The van der Waals surface area contributed by atoms with E-state index in [9.17, 15) is 0 Å². The highest BCUT2D eigenvalue weighted by molar-refractivity contribution is 4.90. The van der Waals surface area contributed by atoms with Crippen molar-refractivity contribution in [1.82, 2.24) is 9.80 Å². The first-order valence-electron chi connectivity index (χ1n) is 11.1. The van der Waals surface area contributed by atoms with Crippen molar-refractivity contribution in [1.29, 1.82) is 0 Å². The van der Waals surface area contributed by atoms with Gasteiger partial charge in [0.15, 0.2) is 0 Å². The van der Waals surface area contributed by atoms with E-state index in [-0.39, 0.29) is 0 Å². The van der Waals surface area contributed by atoms with Crippen LogP contribution in [0.1, 0.15) is 93.9 Å². The highest BCUT2D eigenvalue weighted by Crippen LogP contribution is 2.32. The highest BCUT2D eigenvalue weighted by Gasteiger charge is 2.33. The molecule has 0 aromatic heterocycles. The summed E-state index contributed by atoms with van der Waals surface area (Å²) in [5, 5.41) is 0. The van der Waals surface area contributed by atoms with Crippen molar-refractivity contribution in [3.8, 4) is 0 Å². The molecule has 1 aliphatic carbocycles. The highest BCUT2D eigenvalue weighted by atomic mass is 15.3. The van der Waals surface area contributed by atoms with Gasteiger partial charge in [-0.15, -0.1) is 0 Å². The molecule has 1 heterocycles. The Morgan fingerprint density at radius 2 is 1.56 bits per heavy atom. The van der Waals surface area contributed by atoms with Crippen LogP contribution in [0.3, 0.4) is 0 Å². The number of rotatable bonds is 5. The monoisotopic (exact) mass is 352 g/mol. The fourth-order valence-corrected chi connectivity index (χ4v) is 4.58. The van der Waals surface area contributed by atoms with Gasteiger partial charge < -0.3 is 0 Å². The van der Waals surface area contributed by atoms with Crippen molar-refractivity contribution < 1.29 is 0 Å². The van der Waals surface area contributed by atoms with Gasteiger partial charge in [-0.3, -0.25) is 9.80 Å². The molecule has 0 atom stereocenters. The summed E-state index contributed by atoms with van der Waals surface area (Å²) in [5.74, 6) is 2.98. The molecule has 0 spiro atoms. The molecule has 0 aromatic carbocycles. The quantitative estimate of drug-likeness (QED) is 0.593. The van der Waals surface area contributed by atoms with E-state index in [0.29, 0.717) is 11.6 Å². The minimum Gasteiger partial charge on any atom is -0.298 e. The molecule has 0 N–H and O–H groups in total. The number of hydrogen-bond acceptors (Lipinski definition) is 2. The lowest BCUT2D eigenvalue weighted by atomic mass is 9.79. The van der Waals surface area contributed by atoms with Gasteiger partial charge in [-0.2, -0.15) is 0 Å². The second-order valence-electron chi connectivity index (χ2n) is 10.1. The van der Waals surface area contributed by atoms with Gasteiger partial charge in [0.1, 0.15) is 0 Å². The zero-order valence-corrected chi connectivity index (χ0v) is 18.8. The van der Waals surface area contributed by atoms with Gasteiger partial charge in [-0.1, -0.05) is 53.4 Å².